The maximum absolute atomic E-state index is 10.7. The molecule has 5 heteroatoms. The lowest BCUT2D eigenvalue weighted by atomic mass is 10.2. The molecule has 1 rings (SSSR count). The highest BCUT2D eigenvalue weighted by molar-refractivity contribution is 7.99. The molecule has 0 aliphatic heterocycles. The van der Waals surface area contributed by atoms with Crippen LogP contribution < -0.4 is 0 Å². The number of aliphatic carboxylic acids is 1. The number of rotatable bonds is 5. The molecule has 88 valence electrons. The summed E-state index contributed by atoms with van der Waals surface area (Å²) in [5.74, 6) is 0.512. The molecule has 1 aromatic rings. The van der Waals surface area contributed by atoms with Crippen molar-refractivity contribution in [2.24, 2.45) is 0 Å². The zero-order valence-electron chi connectivity index (χ0n) is 9.61. The Balaban J connectivity index is 2.55. The minimum atomic E-state index is -0.858. The van der Waals surface area contributed by atoms with Crippen LogP contribution in [0.15, 0.2) is 21.3 Å². The van der Waals surface area contributed by atoms with E-state index in [0.29, 0.717) is 23.0 Å². The van der Waals surface area contributed by atoms with Crippen LogP contribution >= 0.6 is 11.8 Å². The Labute approximate surface area is 98.8 Å². The molecule has 0 spiro atoms. The van der Waals surface area contributed by atoms with Gasteiger partial charge in [0.2, 0.25) is 0 Å². The third-order valence-electron chi connectivity index (χ3n) is 2.20. The van der Waals surface area contributed by atoms with E-state index in [1.54, 1.807) is 6.08 Å². The number of aromatic nitrogens is 1. The van der Waals surface area contributed by atoms with Crippen LogP contribution in [0.25, 0.3) is 0 Å². The Hall–Kier alpha value is -1.23. The van der Waals surface area contributed by atoms with Crippen LogP contribution in [-0.4, -0.2) is 21.8 Å². The van der Waals surface area contributed by atoms with E-state index in [9.17, 15) is 4.79 Å². The number of nitrogens with zero attached hydrogens (tertiary/aromatic N) is 1. The minimum Gasteiger partial charge on any atom is -0.478 e. The number of hydrogen-bond donors (Lipinski definition) is 1. The number of aryl methyl sites for hydroxylation is 2. The monoisotopic (exact) mass is 241 g/mol. The van der Waals surface area contributed by atoms with Gasteiger partial charge >= 0.3 is 5.97 Å². The maximum Gasteiger partial charge on any atom is 0.331 e. The summed E-state index contributed by atoms with van der Waals surface area (Å²) in [5, 5.41) is 9.39. The second-order valence-corrected chi connectivity index (χ2v) is 4.29. The van der Waals surface area contributed by atoms with Gasteiger partial charge in [-0.1, -0.05) is 24.8 Å². The van der Waals surface area contributed by atoms with Crippen molar-refractivity contribution >= 4 is 17.7 Å². The number of carboxylic acids is 1. The van der Waals surface area contributed by atoms with Crippen molar-refractivity contribution in [2.75, 3.05) is 5.75 Å². The van der Waals surface area contributed by atoms with E-state index >= 15 is 0 Å². The van der Waals surface area contributed by atoms with Crippen molar-refractivity contribution < 1.29 is 14.3 Å². The lowest BCUT2D eigenvalue weighted by Crippen LogP contribution is -1.99. The fourth-order valence-electron chi connectivity index (χ4n) is 1.10. The van der Waals surface area contributed by atoms with Crippen LogP contribution in [0.2, 0.25) is 0 Å². The third kappa shape index (κ3) is 3.41. The van der Waals surface area contributed by atoms with Crippen LogP contribution in [0.4, 0.5) is 0 Å². The second kappa shape index (κ2) is 5.75. The number of oxazole rings is 1. The van der Waals surface area contributed by atoms with Crippen LogP contribution in [0, 0.1) is 13.8 Å². The molecule has 16 heavy (non-hydrogen) atoms. The van der Waals surface area contributed by atoms with E-state index < -0.39 is 5.97 Å². The van der Waals surface area contributed by atoms with Gasteiger partial charge in [-0.3, -0.25) is 0 Å². The zero-order valence-corrected chi connectivity index (χ0v) is 10.4. The predicted molar refractivity (Wildman–Crippen MR) is 62.7 cm³/mol. The molecule has 0 saturated carbocycles. The van der Waals surface area contributed by atoms with Gasteiger partial charge in [0.1, 0.15) is 5.76 Å². The van der Waals surface area contributed by atoms with E-state index in [-0.39, 0.29) is 0 Å². The Morgan fingerprint density at radius 3 is 2.69 bits per heavy atom. The van der Waals surface area contributed by atoms with Gasteiger partial charge in [-0.2, -0.15) is 0 Å². The average molecular weight is 241 g/mol. The van der Waals surface area contributed by atoms with Crippen molar-refractivity contribution in [3.05, 3.63) is 23.1 Å². The fourth-order valence-corrected chi connectivity index (χ4v) is 1.91. The third-order valence-corrected chi connectivity index (χ3v) is 2.96. The molecule has 0 amide bonds. The molecular formula is C11H15NO3S. The molecule has 0 unspecified atom stereocenters. The van der Waals surface area contributed by atoms with Crippen LogP contribution in [0.3, 0.4) is 0 Å². The van der Waals surface area contributed by atoms with E-state index in [2.05, 4.69) is 4.98 Å². The lowest BCUT2D eigenvalue weighted by Gasteiger charge is -1.96. The van der Waals surface area contributed by atoms with Crippen LogP contribution in [-0.2, 0) is 4.79 Å². The summed E-state index contributed by atoms with van der Waals surface area (Å²) in [6.45, 7) is 5.56. The summed E-state index contributed by atoms with van der Waals surface area (Å²) in [6, 6.07) is 0. The first kappa shape index (κ1) is 12.8. The molecule has 1 N–H and O–H groups in total. The molecule has 0 aliphatic carbocycles. The minimum absolute atomic E-state index is 0.424. The van der Waals surface area contributed by atoms with Crippen LogP contribution in [0.1, 0.15) is 24.8 Å². The Morgan fingerprint density at radius 1 is 1.56 bits per heavy atom. The van der Waals surface area contributed by atoms with E-state index in [1.165, 1.54) is 11.8 Å². The molecule has 0 saturated heterocycles. The van der Waals surface area contributed by atoms with Crippen molar-refractivity contribution in [2.45, 2.75) is 32.4 Å². The molecule has 4 nitrogen and oxygen atoms in total. The number of thioether (sulfide) groups is 1. The molecule has 0 aromatic carbocycles. The Bertz CT molecular complexity index is 390. The topological polar surface area (TPSA) is 63.3 Å². The van der Waals surface area contributed by atoms with Crippen LogP contribution in [0.5, 0.6) is 0 Å². The van der Waals surface area contributed by atoms with Gasteiger partial charge in [-0.25, -0.2) is 9.78 Å². The highest BCUT2D eigenvalue weighted by atomic mass is 32.2. The smallest absolute Gasteiger partial charge is 0.331 e. The Morgan fingerprint density at radius 2 is 2.25 bits per heavy atom. The highest BCUT2D eigenvalue weighted by Gasteiger charge is 2.07. The molecule has 0 radical (unpaired) electrons. The molecule has 0 fully saturated rings. The molecule has 0 atom stereocenters. The summed E-state index contributed by atoms with van der Waals surface area (Å²) in [6.07, 6.45) is 2.22. The van der Waals surface area contributed by atoms with Gasteiger partial charge in [-0.05, 0) is 20.3 Å². The largest absolute Gasteiger partial charge is 0.478 e. The number of carboxylic acid groups (broad SMARTS) is 1. The van der Waals surface area contributed by atoms with Gasteiger partial charge in [0.05, 0.1) is 5.69 Å². The van der Waals surface area contributed by atoms with E-state index in [0.717, 1.165) is 11.5 Å². The molecule has 1 aromatic heterocycles. The van der Waals surface area contributed by atoms with Crippen molar-refractivity contribution in [3.8, 4) is 0 Å². The van der Waals surface area contributed by atoms with E-state index in [4.69, 9.17) is 9.52 Å². The Kier molecular flexibility index (Phi) is 4.61. The first-order valence-corrected chi connectivity index (χ1v) is 6.02. The normalized spacial score (nSPS) is 11.8. The second-order valence-electron chi connectivity index (χ2n) is 3.32. The molecular weight excluding hydrogens is 226 g/mol. The molecule has 1 heterocycles. The quantitative estimate of drug-likeness (QED) is 0.634. The van der Waals surface area contributed by atoms with Crippen molar-refractivity contribution in [3.63, 3.8) is 0 Å². The van der Waals surface area contributed by atoms with Gasteiger partial charge in [0, 0.05) is 11.3 Å². The average Bonchev–Trinajstić information content (AvgIpc) is 2.53. The van der Waals surface area contributed by atoms with Crippen molar-refractivity contribution in [1.29, 1.82) is 0 Å². The van der Waals surface area contributed by atoms with Gasteiger partial charge in [-0.15, -0.1) is 0 Å². The predicted octanol–water partition coefficient (Wildman–Crippen LogP) is 2.80. The first-order valence-electron chi connectivity index (χ1n) is 5.03. The molecule has 0 aliphatic rings. The standard InChI is InChI=1S/C11H15NO3S/c1-4-9(10(13)14)5-6-16-11-12-7(2)8(3)15-11/h5H,4,6H2,1-3H3,(H,13,14). The summed E-state index contributed by atoms with van der Waals surface area (Å²) < 4.78 is 5.37. The summed E-state index contributed by atoms with van der Waals surface area (Å²) in [7, 11) is 0. The summed E-state index contributed by atoms with van der Waals surface area (Å²) in [4.78, 5) is 14.9. The zero-order chi connectivity index (χ0) is 12.1. The number of hydrogen-bond acceptors (Lipinski definition) is 4. The lowest BCUT2D eigenvalue weighted by molar-refractivity contribution is -0.132. The summed E-state index contributed by atoms with van der Waals surface area (Å²) >= 11 is 1.40. The van der Waals surface area contributed by atoms with Crippen molar-refractivity contribution in [1.82, 2.24) is 4.98 Å². The summed E-state index contributed by atoms with van der Waals surface area (Å²) in [5.41, 5.74) is 1.30. The van der Waals surface area contributed by atoms with Gasteiger partial charge in [0.25, 0.3) is 5.22 Å². The number of carbonyl (C=O) groups is 1. The SMILES string of the molecule is CCC(=CCSc1nc(C)c(C)o1)C(=O)O. The van der Waals surface area contributed by atoms with Gasteiger partial charge in [0.15, 0.2) is 0 Å². The van der Waals surface area contributed by atoms with E-state index in [1.807, 2.05) is 20.8 Å². The van der Waals surface area contributed by atoms with Gasteiger partial charge < -0.3 is 9.52 Å². The first-order chi connectivity index (χ1) is 7.54. The highest BCUT2D eigenvalue weighted by Crippen LogP contribution is 2.20. The fraction of sp³-hybridized carbons (Fsp3) is 0.455. The maximum atomic E-state index is 10.7. The molecule has 0 bridgehead atoms.